The van der Waals surface area contributed by atoms with Crippen LogP contribution in [0.1, 0.15) is 0 Å². The van der Waals surface area contributed by atoms with Crippen LogP contribution in [0, 0.1) is 0 Å². The van der Waals surface area contributed by atoms with Gasteiger partial charge in [0, 0.05) is 33.2 Å². The lowest BCUT2D eigenvalue weighted by molar-refractivity contribution is 1.41. The van der Waals surface area contributed by atoms with Crippen molar-refractivity contribution < 1.29 is 0 Å². The first-order valence-corrected chi connectivity index (χ1v) is 8.45. The summed E-state index contributed by atoms with van der Waals surface area (Å²) in [6, 6.07) is 14.5. The normalized spacial score (nSPS) is 10.5. The van der Waals surface area contributed by atoms with Crippen molar-refractivity contribution in [3.8, 4) is 0 Å². The number of halogens is 4. The lowest BCUT2D eigenvalue weighted by Crippen LogP contribution is -1.78. The quantitative estimate of drug-likeness (QED) is 0.317. The largest absolute Gasteiger partial charge is 0.256 e. The molecule has 2 aromatic heterocycles. The van der Waals surface area contributed by atoms with Crippen LogP contribution in [0.4, 0.5) is 0 Å². The third-order valence-electron chi connectivity index (χ3n) is 3.30. The summed E-state index contributed by atoms with van der Waals surface area (Å²) in [5.74, 6) is 0. The van der Waals surface area contributed by atoms with Gasteiger partial charge in [0.25, 0.3) is 0 Å². The van der Waals surface area contributed by atoms with Gasteiger partial charge in [-0.3, -0.25) is 9.97 Å². The van der Waals surface area contributed by atoms with Gasteiger partial charge < -0.3 is 0 Å². The second-order valence-electron chi connectivity index (χ2n) is 4.91. The topological polar surface area (TPSA) is 25.8 Å². The van der Waals surface area contributed by atoms with E-state index in [2.05, 4.69) is 9.97 Å². The number of hydrogen-bond acceptors (Lipinski definition) is 2. The Morgan fingerprint density at radius 3 is 1.38 bits per heavy atom. The molecule has 0 bridgehead atoms. The summed E-state index contributed by atoms with van der Waals surface area (Å²) in [5.41, 5.74) is 1.66. The standard InChI is InChI=1S/2C9H5Cl2N/c2*10-6-1-2-7-8(11)3-4-12-9(7)5-6/h2*1-5H. The molecule has 0 aliphatic heterocycles. The maximum Gasteiger partial charge on any atom is 0.0731 e. The summed E-state index contributed by atoms with van der Waals surface area (Å²) in [6.45, 7) is 0. The van der Waals surface area contributed by atoms with E-state index in [0.29, 0.717) is 20.1 Å². The average molecular weight is 396 g/mol. The summed E-state index contributed by atoms with van der Waals surface area (Å²) in [6.07, 6.45) is 3.34. The molecular formula is C18H10Cl4N2. The number of hydrogen-bond donors (Lipinski definition) is 0. The summed E-state index contributed by atoms with van der Waals surface area (Å²) in [5, 5.41) is 4.63. The Bertz CT molecular complexity index is 935. The van der Waals surface area contributed by atoms with Gasteiger partial charge in [0.05, 0.1) is 21.1 Å². The number of benzene rings is 2. The predicted molar refractivity (Wildman–Crippen MR) is 104 cm³/mol. The molecule has 0 spiro atoms. The van der Waals surface area contributed by atoms with E-state index in [4.69, 9.17) is 46.4 Å². The Labute approximate surface area is 159 Å². The molecule has 0 unspecified atom stereocenters. The maximum absolute atomic E-state index is 5.93. The van der Waals surface area contributed by atoms with Gasteiger partial charge in [-0.2, -0.15) is 0 Å². The molecule has 0 fully saturated rings. The van der Waals surface area contributed by atoms with Gasteiger partial charge in [-0.05, 0) is 48.5 Å². The summed E-state index contributed by atoms with van der Waals surface area (Å²) in [4.78, 5) is 8.27. The molecule has 4 aromatic rings. The number of nitrogens with zero attached hydrogens (tertiary/aromatic N) is 2. The third kappa shape index (κ3) is 3.90. The van der Waals surface area contributed by atoms with Crippen LogP contribution in [0.25, 0.3) is 21.8 Å². The Morgan fingerprint density at radius 1 is 0.542 bits per heavy atom. The molecule has 0 N–H and O–H groups in total. The minimum atomic E-state index is 0.678. The van der Waals surface area contributed by atoms with Crippen molar-refractivity contribution in [2.45, 2.75) is 0 Å². The van der Waals surface area contributed by atoms with E-state index in [9.17, 15) is 0 Å². The molecule has 0 atom stereocenters. The first kappa shape index (κ1) is 17.2. The van der Waals surface area contributed by atoms with Crippen molar-refractivity contribution in [3.63, 3.8) is 0 Å². The van der Waals surface area contributed by atoms with Crippen LogP contribution < -0.4 is 0 Å². The second kappa shape index (κ2) is 7.54. The van der Waals surface area contributed by atoms with Crippen LogP contribution in [0.2, 0.25) is 20.1 Å². The zero-order chi connectivity index (χ0) is 17.1. The molecule has 0 saturated heterocycles. The fraction of sp³-hybridized carbons (Fsp3) is 0. The minimum Gasteiger partial charge on any atom is -0.256 e. The third-order valence-corrected chi connectivity index (χ3v) is 4.43. The molecule has 0 aliphatic rings. The molecule has 6 heteroatoms. The van der Waals surface area contributed by atoms with E-state index in [1.807, 2.05) is 12.1 Å². The van der Waals surface area contributed by atoms with Crippen LogP contribution in [-0.2, 0) is 0 Å². The first-order chi connectivity index (χ1) is 11.5. The van der Waals surface area contributed by atoms with Gasteiger partial charge in [0.2, 0.25) is 0 Å². The zero-order valence-electron chi connectivity index (χ0n) is 12.2. The highest BCUT2D eigenvalue weighted by Crippen LogP contribution is 2.24. The van der Waals surface area contributed by atoms with Crippen LogP contribution in [0.5, 0.6) is 0 Å². The Hall–Kier alpha value is -1.58. The lowest BCUT2D eigenvalue weighted by Gasteiger charge is -1.98. The fourth-order valence-electron chi connectivity index (χ4n) is 2.17. The number of pyridine rings is 2. The van der Waals surface area contributed by atoms with Crippen molar-refractivity contribution >= 4 is 68.2 Å². The van der Waals surface area contributed by atoms with Crippen LogP contribution in [0.3, 0.4) is 0 Å². The molecule has 2 aromatic carbocycles. The molecular weight excluding hydrogens is 386 g/mol. The molecule has 0 aliphatic carbocycles. The van der Waals surface area contributed by atoms with Crippen LogP contribution >= 0.6 is 46.4 Å². The second-order valence-corrected chi connectivity index (χ2v) is 6.60. The summed E-state index contributed by atoms with van der Waals surface area (Å²) in [7, 11) is 0. The highest BCUT2D eigenvalue weighted by atomic mass is 35.5. The van der Waals surface area contributed by atoms with Gasteiger partial charge in [-0.25, -0.2) is 0 Å². The zero-order valence-corrected chi connectivity index (χ0v) is 15.2. The summed E-state index contributed by atoms with van der Waals surface area (Å²) < 4.78 is 0. The average Bonchev–Trinajstić information content (AvgIpc) is 2.55. The Kier molecular flexibility index (Phi) is 5.42. The monoisotopic (exact) mass is 394 g/mol. The highest BCUT2D eigenvalue weighted by molar-refractivity contribution is 6.36. The molecule has 4 rings (SSSR count). The predicted octanol–water partition coefficient (Wildman–Crippen LogP) is 7.08. The van der Waals surface area contributed by atoms with Gasteiger partial charge in [-0.15, -0.1) is 0 Å². The summed E-state index contributed by atoms with van der Waals surface area (Å²) >= 11 is 23.4. The Morgan fingerprint density at radius 2 is 0.958 bits per heavy atom. The Balaban J connectivity index is 0.000000141. The molecule has 0 radical (unpaired) electrons. The maximum atomic E-state index is 5.93. The molecule has 0 saturated carbocycles. The fourth-order valence-corrected chi connectivity index (χ4v) is 2.94. The van der Waals surface area contributed by atoms with Gasteiger partial charge in [0.1, 0.15) is 0 Å². The van der Waals surface area contributed by atoms with Crippen molar-refractivity contribution in [1.29, 1.82) is 0 Å². The van der Waals surface area contributed by atoms with Crippen molar-refractivity contribution in [3.05, 3.63) is 81.0 Å². The molecule has 120 valence electrons. The number of fused-ring (bicyclic) bond motifs is 2. The van der Waals surface area contributed by atoms with Crippen LogP contribution in [0.15, 0.2) is 60.9 Å². The molecule has 0 amide bonds. The van der Waals surface area contributed by atoms with E-state index in [1.54, 1.807) is 48.8 Å². The first-order valence-electron chi connectivity index (χ1n) is 6.94. The van der Waals surface area contributed by atoms with E-state index >= 15 is 0 Å². The van der Waals surface area contributed by atoms with Gasteiger partial charge in [0.15, 0.2) is 0 Å². The minimum absolute atomic E-state index is 0.678. The van der Waals surface area contributed by atoms with E-state index in [-0.39, 0.29) is 0 Å². The highest BCUT2D eigenvalue weighted by Gasteiger charge is 1.99. The smallest absolute Gasteiger partial charge is 0.0731 e. The SMILES string of the molecule is Clc1ccc2c(Cl)ccnc2c1.Clc1ccc2c(Cl)ccnc2c1. The molecule has 24 heavy (non-hydrogen) atoms. The van der Waals surface area contributed by atoms with Crippen molar-refractivity contribution in [2.24, 2.45) is 0 Å². The lowest BCUT2D eigenvalue weighted by atomic mass is 10.2. The van der Waals surface area contributed by atoms with E-state index < -0.39 is 0 Å². The van der Waals surface area contributed by atoms with Gasteiger partial charge in [-0.1, -0.05) is 46.4 Å². The van der Waals surface area contributed by atoms with Crippen molar-refractivity contribution in [2.75, 3.05) is 0 Å². The van der Waals surface area contributed by atoms with Crippen LogP contribution in [-0.4, -0.2) is 9.97 Å². The van der Waals surface area contributed by atoms with E-state index in [1.165, 1.54) is 0 Å². The van der Waals surface area contributed by atoms with Crippen molar-refractivity contribution in [1.82, 2.24) is 9.97 Å². The van der Waals surface area contributed by atoms with E-state index in [0.717, 1.165) is 21.8 Å². The number of aromatic nitrogens is 2. The van der Waals surface area contributed by atoms with Gasteiger partial charge >= 0.3 is 0 Å². The molecule has 2 nitrogen and oxygen atoms in total. The molecule has 2 heterocycles. The number of rotatable bonds is 0.